The van der Waals surface area contributed by atoms with E-state index in [2.05, 4.69) is 64.3 Å². The molecule has 0 spiro atoms. The number of methoxy groups -OCH3 is 1. The second-order valence-corrected chi connectivity index (χ2v) is 18.5. The molecule has 0 aliphatic heterocycles. The van der Waals surface area contributed by atoms with Gasteiger partial charge in [0.1, 0.15) is 11.9 Å². The summed E-state index contributed by atoms with van der Waals surface area (Å²) in [7, 11) is 1.61. The van der Waals surface area contributed by atoms with E-state index < -0.39 is 17.1 Å². The fourth-order valence-corrected chi connectivity index (χ4v) is 10.5. The van der Waals surface area contributed by atoms with E-state index in [1.165, 1.54) is 10.5 Å². The third-order valence-electron chi connectivity index (χ3n) is 13.4. The van der Waals surface area contributed by atoms with Crippen molar-refractivity contribution in [2.24, 2.45) is 23.2 Å². The van der Waals surface area contributed by atoms with Gasteiger partial charge in [0.25, 0.3) is 0 Å². The lowest BCUT2D eigenvalue weighted by molar-refractivity contribution is -0.0861. The maximum atomic E-state index is 14.5. The molecule has 0 saturated heterocycles. The largest absolute Gasteiger partial charge is 0.497 e. The number of ketones is 1. The molecule has 7 rings (SSSR count). The van der Waals surface area contributed by atoms with Crippen molar-refractivity contribution in [2.45, 2.75) is 129 Å². The topological polar surface area (TPSA) is 96.3 Å². The molecule has 2 N–H and O–H groups in total. The maximum Gasteiger partial charge on any atom is 0.410 e. The Morgan fingerprint density at radius 3 is 2.53 bits per heavy atom. The van der Waals surface area contributed by atoms with Crippen molar-refractivity contribution in [3.8, 4) is 5.75 Å². The molecule has 0 radical (unpaired) electrons. The molecule has 2 saturated carbocycles. The number of thiophene rings is 1. The van der Waals surface area contributed by atoms with Gasteiger partial charge in [-0.1, -0.05) is 64.0 Å². The van der Waals surface area contributed by atoms with E-state index in [9.17, 15) is 19.8 Å². The van der Waals surface area contributed by atoms with Crippen LogP contribution < -0.4 is 4.74 Å². The van der Waals surface area contributed by atoms with E-state index >= 15 is 0 Å². The fourth-order valence-electron chi connectivity index (χ4n) is 9.80. The number of aliphatic hydroxyl groups excluding tert-OH is 1. The molecule has 1 aromatic heterocycles. The van der Waals surface area contributed by atoms with Crippen LogP contribution in [0.3, 0.4) is 0 Å². The lowest BCUT2D eigenvalue weighted by Gasteiger charge is -2.46. The van der Waals surface area contributed by atoms with Crippen LogP contribution in [0.1, 0.15) is 130 Å². The summed E-state index contributed by atoms with van der Waals surface area (Å²) in [6.07, 6.45) is 9.46. The van der Waals surface area contributed by atoms with Crippen molar-refractivity contribution in [2.75, 3.05) is 20.2 Å². The summed E-state index contributed by atoms with van der Waals surface area (Å²) in [5.74, 6) is 1.67. The second kappa shape index (κ2) is 17.8. The molecule has 2 aromatic carbocycles. The smallest absolute Gasteiger partial charge is 0.410 e. The number of amides is 1. The highest BCUT2D eigenvalue weighted by Crippen LogP contribution is 2.59. The maximum absolute atomic E-state index is 14.5. The van der Waals surface area contributed by atoms with Crippen molar-refractivity contribution < 1.29 is 29.3 Å². The zero-order valence-electron chi connectivity index (χ0n) is 33.9. The molecule has 7 atom stereocenters. The van der Waals surface area contributed by atoms with Gasteiger partial charge in [-0.3, -0.25) is 4.79 Å². The molecule has 1 heterocycles. The first-order valence-electron chi connectivity index (χ1n) is 20.7. The first kappa shape index (κ1) is 41.2. The van der Waals surface area contributed by atoms with Crippen molar-refractivity contribution in [3.63, 3.8) is 0 Å². The van der Waals surface area contributed by atoms with Crippen molar-refractivity contribution in [1.82, 2.24) is 4.90 Å². The molecule has 4 aliphatic rings. The normalized spacial score (nSPS) is 28.6. The number of carbonyl (C=O) groups is 2. The number of nitrogens with zero attached hydrogens (tertiary/aromatic N) is 1. The molecule has 1 amide bonds. The standard InChI is InChI=1S/C47H63NO6S/c1-31(2)39-19-12-33(4)27-43(39)54-45(51)48(25-22-38-10-8-26-55-38)30-47(52)24-21-42-40-20-13-34(28-36(49)16-11-32(3)9-7-23-46(42,47)5)29-41(40)44(50)35-14-17-37(53-6)18-15-35/h8-10,13-15,17-18,20,26,29,31,33,36,39,42-43,49,52H,7,11-12,16,19,21-25,27-28,30H2,1-6H3. The van der Waals surface area contributed by atoms with Gasteiger partial charge in [0.15, 0.2) is 5.78 Å². The Morgan fingerprint density at radius 2 is 1.82 bits per heavy atom. The van der Waals surface area contributed by atoms with Crippen LogP contribution in [0.15, 0.2) is 71.6 Å². The van der Waals surface area contributed by atoms with E-state index in [0.29, 0.717) is 79.7 Å². The molecule has 55 heavy (non-hydrogen) atoms. The lowest BCUT2D eigenvalue weighted by Crippen LogP contribution is -2.54. The Kier molecular flexibility index (Phi) is 13.3. The van der Waals surface area contributed by atoms with Gasteiger partial charge in [-0.25, -0.2) is 4.79 Å². The van der Waals surface area contributed by atoms with Crippen LogP contribution in [-0.4, -0.2) is 65.0 Å². The van der Waals surface area contributed by atoms with Crippen molar-refractivity contribution >= 4 is 23.2 Å². The number of benzene rings is 2. The van der Waals surface area contributed by atoms with Crippen LogP contribution >= 0.6 is 11.3 Å². The van der Waals surface area contributed by atoms with Crippen LogP contribution in [0.2, 0.25) is 0 Å². The molecular weight excluding hydrogens is 707 g/mol. The highest BCUT2D eigenvalue weighted by atomic mass is 32.1. The minimum atomic E-state index is -1.24. The third-order valence-corrected chi connectivity index (χ3v) is 14.3. The van der Waals surface area contributed by atoms with Gasteiger partial charge in [-0.05, 0) is 148 Å². The number of ether oxygens (including phenoxy) is 2. The van der Waals surface area contributed by atoms with Crippen molar-refractivity contribution in [1.29, 1.82) is 0 Å². The number of allylic oxidation sites excluding steroid dienone is 2. The molecule has 7 unspecified atom stereocenters. The number of aliphatic hydroxyl groups is 2. The Morgan fingerprint density at radius 1 is 1.04 bits per heavy atom. The predicted molar refractivity (Wildman–Crippen MR) is 221 cm³/mol. The quantitative estimate of drug-likeness (QED) is 0.158. The summed E-state index contributed by atoms with van der Waals surface area (Å²) in [5.41, 5.74) is 2.32. The molecule has 3 aromatic rings. The molecular formula is C47H63NO6S. The number of fused-ring (bicyclic) bond motifs is 8. The van der Waals surface area contributed by atoms with Crippen LogP contribution in [0.4, 0.5) is 4.79 Å². The second-order valence-electron chi connectivity index (χ2n) is 17.5. The Hall–Kier alpha value is -3.46. The minimum Gasteiger partial charge on any atom is -0.497 e. The van der Waals surface area contributed by atoms with E-state index in [1.54, 1.807) is 47.6 Å². The Balaban J connectivity index is 1.38. The first-order chi connectivity index (χ1) is 26.3. The summed E-state index contributed by atoms with van der Waals surface area (Å²) in [6.45, 7) is 11.6. The highest BCUT2D eigenvalue weighted by molar-refractivity contribution is 7.09. The number of hydrogen-bond acceptors (Lipinski definition) is 7. The summed E-state index contributed by atoms with van der Waals surface area (Å²) in [5, 5.41) is 26.3. The minimum absolute atomic E-state index is 0.0859. The Labute approximate surface area is 333 Å². The lowest BCUT2D eigenvalue weighted by atomic mass is 9.64. The third kappa shape index (κ3) is 9.40. The SMILES string of the molecule is COc1ccc(C(=O)c2cc3ccc2C2CCC(O)(CN(CCc4cccs4)C(=O)OC4CC(C)CCC4C(C)C)C2(C)CCC=C(C)CCC(O)C3)cc1. The Bertz CT molecular complexity index is 1780. The first-order valence-corrected chi connectivity index (χ1v) is 21.5. The van der Waals surface area contributed by atoms with Gasteiger partial charge in [0.2, 0.25) is 0 Å². The number of rotatable bonds is 10. The van der Waals surface area contributed by atoms with E-state index in [-0.39, 0.29) is 30.4 Å². The summed E-state index contributed by atoms with van der Waals surface area (Å²) in [4.78, 5) is 31.9. The number of hydrogen-bond donors (Lipinski definition) is 2. The fraction of sp³-hybridized carbons (Fsp3) is 0.574. The van der Waals surface area contributed by atoms with Crippen LogP contribution in [0.25, 0.3) is 0 Å². The van der Waals surface area contributed by atoms with E-state index in [4.69, 9.17) is 9.47 Å². The molecule has 2 fully saturated rings. The molecule has 298 valence electrons. The predicted octanol–water partition coefficient (Wildman–Crippen LogP) is 10.2. The summed E-state index contributed by atoms with van der Waals surface area (Å²) < 4.78 is 11.9. The monoisotopic (exact) mass is 769 g/mol. The molecule has 7 nitrogen and oxygen atoms in total. The van der Waals surface area contributed by atoms with Gasteiger partial charge >= 0.3 is 6.09 Å². The zero-order valence-corrected chi connectivity index (χ0v) is 34.7. The molecule has 4 aliphatic carbocycles. The van der Waals surface area contributed by atoms with Crippen LogP contribution in [-0.2, 0) is 17.6 Å². The summed E-state index contributed by atoms with van der Waals surface area (Å²) in [6, 6.07) is 17.4. The van der Waals surface area contributed by atoms with Gasteiger partial charge in [-0.2, -0.15) is 0 Å². The zero-order chi connectivity index (χ0) is 39.3. The molecule has 8 heteroatoms. The van der Waals surface area contributed by atoms with E-state index in [1.807, 2.05) is 12.1 Å². The van der Waals surface area contributed by atoms with Gasteiger partial charge < -0.3 is 24.6 Å². The number of carbonyl (C=O) groups excluding carboxylic acids is 2. The van der Waals surface area contributed by atoms with Crippen LogP contribution in [0.5, 0.6) is 5.75 Å². The van der Waals surface area contributed by atoms with Crippen molar-refractivity contribution in [3.05, 3.63) is 98.8 Å². The summed E-state index contributed by atoms with van der Waals surface area (Å²) >= 11 is 1.68. The molecule has 2 bridgehead atoms. The van der Waals surface area contributed by atoms with E-state index in [0.717, 1.165) is 43.2 Å². The average Bonchev–Trinajstić information content (AvgIpc) is 3.77. The van der Waals surface area contributed by atoms with Gasteiger partial charge in [0.05, 0.1) is 25.4 Å². The average molecular weight is 770 g/mol. The van der Waals surface area contributed by atoms with Gasteiger partial charge in [0, 0.05) is 28.0 Å². The van der Waals surface area contributed by atoms with Gasteiger partial charge in [-0.15, -0.1) is 11.3 Å². The van der Waals surface area contributed by atoms with Crippen LogP contribution in [0, 0.1) is 23.2 Å². The highest BCUT2D eigenvalue weighted by Gasteiger charge is 2.58.